The van der Waals surface area contributed by atoms with Gasteiger partial charge in [-0.3, -0.25) is 4.79 Å². The average molecular weight is 259 g/mol. The first kappa shape index (κ1) is 14.1. The third-order valence-corrected chi connectivity index (χ3v) is 4.38. The summed E-state index contributed by atoms with van der Waals surface area (Å²) in [5, 5.41) is 0. The van der Waals surface area contributed by atoms with E-state index in [2.05, 4.69) is 13.8 Å². The van der Waals surface area contributed by atoms with Gasteiger partial charge in [-0.15, -0.1) is 0 Å². The predicted molar refractivity (Wildman–Crippen MR) is 79.1 cm³/mol. The van der Waals surface area contributed by atoms with Crippen LogP contribution in [0.25, 0.3) is 0 Å². The minimum atomic E-state index is 0.203. The molecule has 0 aromatic heterocycles. The average Bonchev–Trinajstić information content (AvgIpc) is 2.94. The number of likely N-dealkylation sites (tertiary alicyclic amines) is 1. The second kappa shape index (κ2) is 6.74. The highest BCUT2D eigenvalue weighted by atomic mass is 16.2. The van der Waals surface area contributed by atoms with Gasteiger partial charge >= 0.3 is 0 Å². The summed E-state index contributed by atoms with van der Waals surface area (Å²) in [5.41, 5.74) is 0.826. The molecule has 19 heavy (non-hydrogen) atoms. The number of carbonyl (C=O) groups excluding carboxylic acids is 1. The van der Waals surface area contributed by atoms with Crippen LogP contribution in [0.4, 0.5) is 0 Å². The topological polar surface area (TPSA) is 20.3 Å². The van der Waals surface area contributed by atoms with Crippen molar-refractivity contribution in [2.45, 2.75) is 39.5 Å². The van der Waals surface area contributed by atoms with Crippen LogP contribution in [0, 0.1) is 11.8 Å². The molecule has 2 atom stereocenters. The monoisotopic (exact) mass is 259 g/mol. The van der Waals surface area contributed by atoms with Crippen molar-refractivity contribution in [3.63, 3.8) is 0 Å². The number of benzene rings is 1. The van der Waals surface area contributed by atoms with E-state index in [4.69, 9.17) is 0 Å². The molecule has 0 saturated carbocycles. The fourth-order valence-electron chi connectivity index (χ4n) is 3.26. The molecule has 0 radical (unpaired) electrons. The largest absolute Gasteiger partial charge is 0.338 e. The molecular formula is C17H25NO. The van der Waals surface area contributed by atoms with Crippen LogP contribution in [-0.2, 0) is 0 Å². The summed E-state index contributed by atoms with van der Waals surface area (Å²) in [6.45, 7) is 6.41. The van der Waals surface area contributed by atoms with E-state index in [1.807, 2.05) is 35.2 Å². The molecule has 2 unspecified atom stereocenters. The Hall–Kier alpha value is -1.31. The van der Waals surface area contributed by atoms with E-state index in [1.165, 1.54) is 25.7 Å². The van der Waals surface area contributed by atoms with E-state index in [0.717, 1.165) is 24.6 Å². The molecule has 1 aliphatic heterocycles. The van der Waals surface area contributed by atoms with Crippen LogP contribution < -0.4 is 0 Å². The van der Waals surface area contributed by atoms with Crippen molar-refractivity contribution < 1.29 is 4.79 Å². The number of rotatable bonds is 5. The van der Waals surface area contributed by atoms with E-state index in [-0.39, 0.29) is 5.91 Å². The number of amides is 1. The zero-order valence-corrected chi connectivity index (χ0v) is 12.1. The molecule has 1 fully saturated rings. The maximum Gasteiger partial charge on any atom is 0.253 e. The van der Waals surface area contributed by atoms with Gasteiger partial charge in [0.05, 0.1) is 0 Å². The lowest BCUT2D eigenvalue weighted by Crippen LogP contribution is -2.29. The van der Waals surface area contributed by atoms with Gasteiger partial charge in [0, 0.05) is 18.7 Å². The summed E-state index contributed by atoms with van der Waals surface area (Å²) < 4.78 is 0. The Bertz CT molecular complexity index is 401. The van der Waals surface area contributed by atoms with E-state index in [9.17, 15) is 4.79 Å². The Morgan fingerprint density at radius 1 is 1.32 bits per heavy atom. The van der Waals surface area contributed by atoms with Crippen molar-refractivity contribution in [3.8, 4) is 0 Å². The molecule has 1 aliphatic rings. The van der Waals surface area contributed by atoms with Crippen LogP contribution in [0.1, 0.15) is 49.9 Å². The Labute approximate surface area is 116 Å². The van der Waals surface area contributed by atoms with Gasteiger partial charge in [-0.2, -0.15) is 0 Å². The molecule has 0 N–H and O–H groups in total. The lowest BCUT2D eigenvalue weighted by molar-refractivity contribution is 0.0781. The molecule has 0 spiro atoms. The maximum absolute atomic E-state index is 12.4. The molecule has 1 amide bonds. The molecule has 1 aromatic rings. The lowest BCUT2D eigenvalue weighted by Gasteiger charge is -2.22. The van der Waals surface area contributed by atoms with E-state index in [0.29, 0.717) is 5.92 Å². The van der Waals surface area contributed by atoms with Crippen LogP contribution >= 0.6 is 0 Å². The number of hydrogen-bond acceptors (Lipinski definition) is 1. The summed E-state index contributed by atoms with van der Waals surface area (Å²) in [4.78, 5) is 14.4. The van der Waals surface area contributed by atoms with Crippen LogP contribution in [0.3, 0.4) is 0 Å². The van der Waals surface area contributed by atoms with Crippen molar-refractivity contribution >= 4 is 5.91 Å². The van der Waals surface area contributed by atoms with Crippen molar-refractivity contribution in [3.05, 3.63) is 35.9 Å². The molecule has 1 heterocycles. The van der Waals surface area contributed by atoms with E-state index >= 15 is 0 Å². The maximum atomic E-state index is 12.4. The lowest BCUT2D eigenvalue weighted by atomic mass is 9.86. The fraction of sp³-hybridized carbons (Fsp3) is 0.588. The van der Waals surface area contributed by atoms with Gasteiger partial charge in [0.25, 0.3) is 5.91 Å². The van der Waals surface area contributed by atoms with Crippen molar-refractivity contribution in [2.24, 2.45) is 11.8 Å². The third kappa shape index (κ3) is 3.37. The van der Waals surface area contributed by atoms with Gasteiger partial charge < -0.3 is 4.90 Å². The van der Waals surface area contributed by atoms with Crippen LogP contribution in [0.15, 0.2) is 30.3 Å². The summed E-state index contributed by atoms with van der Waals surface area (Å²) in [6.07, 6.45) is 4.97. The highest BCUT2D eigenvalue weighted by Crippen LogP contribution is 2.30. The Morgan fingerprint density at radius 2 is 2.05 bits per heavy atom. The number of hydrogen-bond donors (Lipinski definition) is 0. The quantitative estimate of drug-likeness (QED) is 0.783. The predicted octanol–water partition coefficient (Wildman–Crippen LogP) is 3.98. The molecule has 2 heteroatoms. The molecule has 1 saturated heterocycles. The zero-order valence-electron chi connectivity index (χ0n) is 12.1. The third-order valence-electron chi connectivity index (χ3n) is 4.38. The van der Waals surface area contributed by atoms with Crippen molar-refractivity contribution in [1.82, 2.24) is 4.90 Å². The van der Waals surface area contributed by atoms with Crippen LogP contribution in [0.5, 0.6) is 0 Å². The summed E-state index contributed by atoms with van der Waals surface area (Å²) in [5.74, 6) is 1.70. The smallest absolute Gasteiger partial charge is 0.253 e. The molecule has 2 nitrogen and oxygen atoms in total. The second-order valence-electron chi connectivity index (χ2n) is 5.62. The van der Waals surface area contributed by atoms with Gasteiger partial charge in [0.1, 0.15) is 0 Å². The number of nitrogens with zero attached hydrogens (tertiary/aromatic N) is 1. The number of carbonyl (C=O) groups is 1. The highest BCUT2D eigenvalue weighted by molar-refractivity contribution is 5.94. The minimum Gasteiger partial charge on any atom is -0.338 e. The van der Waals surface area contributed by atoms with Crippen LogP contribution in [-0.4, -0.2) is 23.9 Å². The summed E-state index contributed by atoms with van der Waals surface area (Å²) in [7, 11) is 0. The molecule has 2 rings (SSSR count). The SMILES string of the molecule is CCCC(CC)C1CCN(C(=O)c2ccccc2)C1. The molecule has 104 valence electrons. The fourth-order valence-corrected chi connectivity index (χ4v) is 3.26. The highest BCUT2D eigenvalue weighted by Gasteiger charge is 2.30. The Kier molecular flexibility index (Phi) is 5.00. The first-order chi connectivity index (χ1) is 9.26. The molecule has 0 aliphatic carbocycles. The van der Waals surface area contributed by atoms with Crippen molar-refractivity contribution in [1.29, 1.82) is 0 Å². The van der Waals surface area contributed by atoms with Gasteiger partial charge in [-0.1, -0.05) is 51.3 Å². The van der Waals surface area contributed by atoms with Crippen LogP contribution in [0.2, 0.25) is 0 Å². The molecule has 1 aromatic carbocycles. The zero-order chi connectivity index (χ0) is 13.7. The van der Waals surface area contributed by atoms with Gasteiger partial charge in [0.2, 0.25) is 0 Å². The van der Waals surface area contributed by atoms with E-state index in [1.54, 1.807) is 0 Å². The summed E-state index contributed by atoms with van der Waals surface area (Å²) in [6, 6.07) is 9.66. The standard InChI is InChI=1S/C17H25NO/c1-3-8-14(4-2)16-11-12-18(13-16)17(19)15-9-6-5-7-10-15/h5-7,9-10,14,16H,3-4,8,11-13H2,1-2H3. The first-order valence-corrected chi connectivity index (χ1v) is 7.60. The van der Waals surface area contributed by atoms with Crippen molar-refractivity contribution in [2.75, 3.05) is 13.1 Å². The van der Waals surface area contributed by atoms with Gasteiger partial charge in [-0.25, -0.2) is 0 Å². The summed E-state index contributed by atoms with van der Waals surface area (Å²) >= 11 is 0. The van der Waals surface area contributed by atoms with Gasteiger partial charge in [0.15, 0.2) is 0 Å². The first-order valence-electron chi connectivity index (χ1n) is 7.60. The molecule has 0 bridgehead atoms. The minimum absolute atomic E-state index is 0.203. The van der Waals surface area contributed by atoms with E-state index < -0.39 is 0 Å². The molecular weight excluding hydrogens is 234 g/mol. The Balaban J connectivity index is 1.96. The second-order valence-corrected chi connectivity index (χ2v) is 5.62. The van der Waals surface area contributed by atoms with Gasteiger partial charge in [-0.05, 0) is 30.4 Å². The Morgan fingerprint density at radius 3 is 2.68 bits per heavy atom. The normalized spacial score (nSPS) is 20.5.